The lowest BCUT2D eigenvalue weighted by Crippen LogP contribution is -2.45. The number of rotatable bonds is 3. The molecule has 1 aliphatic rings. The molecule has 0 amide bonds. The summed E-state index contributed by atoms with van der Waals surface area (Å²) in [5.74, 6) is -1.22. The molecule has 1 aromatic rings. The second-order valence-corrected chi connectivity index (χ2v) is 4.65. The van der Waals surface area contributed by atoms with Gasteiger partial charge in [0.2, 0.25) is 6.10 Å². The van der Waals surface area contributed by atoms with Gasteiger partial charge in [0.25, 0.3) is 0 Å². The zero-order valence-corrected chi connectivity index (χ0v) is 12.1. The summed E-state index contributed by atoms with van der Waals surface area (Å²) in [6.07, 6.45) is -6.84. The number of fused-ring (bicyclic) bond motifs is 1. The maximum Gasteiger partial charge on any atom is 0.419 e. The average Bonchev–Trinajstić information content (AvgIpc) is 2.45. The number of carbonyl (C=O) groups excluding carboxylic acids is 1. The third-order valence-electron chi connectivity index (χ3n) is 3.30. The van der Waals surface area contributed by atoms with Gasteiger partial charge in [-0.3, -0.25) is 0 Å². The van der Waals surface area contributed by atoms with Crippen LogP contribution in [0.1, 0.15) is 18.1 Å². The van der Waals surface area contributed by atoms with Crippen LogP contribution >= 0.6 is 0 Å². The van der Waals surface area contributed by atoms with Crippen LogP contribution in [0.3, 0.4) is 0 Å². The van der Waals surface area contributed by atoms with Crippen molar-refractivity contribution in [2.45, 2.75) is 25.3 Å². The number of para-hydroxylation sites is 1. The molecule has 4 nitrogen and oxygen atoms in total. The molecule has 22 heavy (non-hydrogen) atoms. The molecule has 1 aromatic carbocycles. The van der Waals surface area contributed by atoms with Crippen molar-refractivity contribution in [1.29, 1.82) is 0 Å². The molecule has 120 valence electrons. The van der Waals surface area contributed by atoms with Crippen molar-refractivity contribution in [3.63, 3.8) is 0 Å². The molecule has 0 saturated carbocycles. The van der Waals surface area contributed by atoms with Gasteiger partial charge in [0.1, 0.15) is 11.9 Å². The molecule has 0 fully saturated rings. The average molecular weight is 316 g/mol. The Labute approximate surface area is 125 Å². The third kappa shape index (κ3) is 2.81. The number of methoxy groups -OCH3 is 1. The molecule has 0 unspecified atom stereocenters. The summed E-state index contributed by atoms with van der Waals surface area (Å²) < 4.78 is 54.6. The zero-order valence-electron chi connectivity index (χ0n) is 12.1. The van der Waals surface area contributed by atoms with E-state index in [-0.39, 0.29) is 17.7 Å². The monoisotopic (exact) mass is 316 g/mol. The highest BCUT2D eigenvalue weighted by atomic mass is 19.4. The molecule has 0 aliphatic carbocycles. The van der Waals surface area contributed by atoms with Crippen molar-refractivity contribution in [1.82, 2.24) is 0 Å². The minimum Gasteiger partial charge on any atom is -0.474 e. The van der Waals surface area contributed by atoms with Crippen LogP contribution in [-0.4, -0.2) is 31.9 Å². The smallest absolute Gasteiger partial charge is 0.419 e. The van der Waals surface area contributed by atoms with Crippen LogP contribution in [-0.2, 0) is 20.4 Å². The maximum atomic E-state index is 13.1. The van der Waals surface area contributed by atoms with Gasteiger partial charge in [0.15, 0.2) is 0 Å². The van der Waals surface area contributed by atoms with E-state index < -0.39 is 35.7 Å². The fourth-order valence-corrected chi connectivity index (χ4v) is 2.33. The predicted octanol–water partition coefficient (Wildman–Crippen LogP) is 3.06. The van der Waals surface area contributed by atoms with Crippen LogP contribution in [0.4, 0.5) is 13.2 Å². The second-order valence-electron chi connectivity index (χ2n) is 4.65. The van der Waals surface area contributed by atoms with Crippen LogP contribution < -0.4 is 4.74 Å². The van der Waals surface area contributed by atoms with Crippen molar-refractivity contribution in [3.8, 4) is 5.75 Å². The number of halogens is 3. The number of alkyl halides is 3. The van der Waals surface area contributed by atoms with Crippen molar-refractivity contribution >= 4 is 11.5 Å². The summed E-state index contributed by atoms with van der Waals surface area (Å²) in [5.41, 5.74) is -0.551. The first-order chi connectivity index (χ1) is 10.3. The predicted molar refractivity (Wildman–Crippen MR) is 72.3 cm³/mol. The number of ether oxygens (including phenoxy) is 3. The summed E-state index contributed by atoms with van der Waals surface area (Å²) in [6, 6.07) is 3.59. The number of carbonyl (C=O) groups is 1. The lowest BCUT2D eigenvalue weighted by Gasteiger charge is -2.34. The second kappa shape index (κ2) is 6.00. The summed E-state index contributed by atoms with van der Waals surface area (Å²) in [7, 11) is 1.32. The van der Waals surface area contributed by atoms with Crippen LogP contribution in [0, 0.1) is 0 Å². The highest BCUT2D eigenvalue weighted by Gasteiger charge is 2.44. The van der Waals surface area contributed by atoms with Gasteiger partial charge < -0.3 is 14.2 Å². The van der Waals surface area contributed by atoms with E-state index in [4.69, 9.17) is 14.2 Å². The molecule has 2 atom stereocenters. The molecule has 1 aliphatic heterocycles. The van der Waals surface area contributed by atoms with Crippen LogP contribution in [0.15, 0.2) is 24.8 Å². The molecular weight excluding hydrogens is 301 g/mol. The van der Waals surface area contributed by atoms with Crippen molar-refractivity contribution in [2.24, 2.45) is 0 Å². The van der Waals surface area contributed by atoms with Gasteiger partial charge in [-0.05, 0) is 18.6 Å². The van der Waals surface area contributed by atoms with E-state index in [1.165, 1.54) is 19.2 Å². The van der Waals surface area contributed by atoms with Crippen molar-refractivity contribution in [3.05, 3.63) is 35.9 Å². The van der Waals surface area contributed by atoms with E-state index >= 15 is 0 Å². The first-order valence-electron chi connectivity index (χ1n) is 6.56. The fourth-order valence-electron chi connectivity index (χ4n) is 2.33. The molecular formula is C15H15F3O4. The van der Waals surface area contributed by atoms with Gasteiger partial charge in [-0.2, -0.15) is 13.2 Å². The number of hydrogen-bond acceptors (Lipinski definition) is 4. The molecule has 1 heterocycles. The highest BCUT2D eigenvalue weighted by Crippen LogP contribution is 2.44. The quantitative estimate of drug-likeness (QED) is 0.804. The molecule has 0 spiro atoms. The molecule has 0 saturated heterocycles. The Bertz CT molecular complexity index is 595. The molecule has 0 radical (unpaired) electrons. The molecule has 2 rings (SSSR count). The van der Waals surface area contributed by atoms with Gasteiger partial charge >= 0.3 is 12.1 Å². The Hall–Kier alpha value is -2.02. The SMILES string of the molecule is C=C1c2cccc(C(F)(F)F)c2O[C@H](C(=O)OCC)[C@H]1OC. The first-order valence-corrected chi connectivity index (χ1v) is 6.56. The topological polar surface area (TPSA) is 44.8 Å². The highest BCUT2D eigenvalue weighted by molar-refractivity contribution is 5.85. The Morgan fingerprint density at radius 3 is 2.64 bits per heavy atom. The zero-order chi connectivity index (χ0) is 16.5. The molecule has 0 N–H and O–H groups in total. The maximum absolute atomic E-state index is 13.1. The standard InChI is InChI=1S/C15H15F3O4/c1-4-21-14(19)13-11(20-3)8(2)9-6-5-7-10(12(9)22-13)15(16,17)18/h5-7,11,13H,2,4H2,1,3H3/t11-,13-/m0/s1. The third-order valence-corrected chi connectivity index (χ3v) is 3.30. The molecule has 0 aromatic heterocycles. The van der Waals surface area contributed by atoms with E-state index in [0.717, 1.165) is 6.07 Å². The Balaban J connectivity index is 2.52. The lowest BCUT2D eigenvalue weighted by molar-refractivity contribution is -0.158. The summed E-state index contributed by atoms with van der Waals surface area (Å²) in [6.45, 7) is 5.41. The molecule has 7 heteroatoms. The van der Waals surface area contributed by atoms with Crippen LogP contribution in [0.2, 0.25) is 0 Å². The summed E-state index contributed by atoms with van der Waals surface area (Å²) >= 11 is 0. The molecule has 0 bridgehead atoms. The van der Waals surface area contributed by atoms with Crippen molar-refractivity contribution in [2.75, 3.05) is 13.7 Å². The van der Waals surface area contributed by atoms with Crippen LogP contribution in [0.5, 0.6) is 5.75 Å². The largest absolute Gasteiger partial charge is 0.474 e. The van der Waals surface area contributed by atoms with Crippen molar-refractivity contribution < 1.29 is 32.2 Å². The van der Waals surface area contributed by atoms with Gasteiger partial charge in [-0.1, -0.05) is 18.7 Å². The van der Waals surface area contributed by atoms with E-state index in [0.29, 0.717) is 0 Å². The number of esters is 1. The van der Waals surface area contributed by atoms with Crippen LogP contribution in [0.25, 0.3) is 5.57 Å². The minimum atomic E-state index is -4.61. The Morgan fingerprint density at radius 2 is 2.09 bits per heavy atom. The van der Waals surface area contributed by atoms with Gasteiger partial charge in [-0.15, -0.1) is 0 Å². The van der Waals surface area contributed by atoms with E-state index in [9.17, 15) is 18.0 Å². The van der Waals surface area contributed by atoms with E-state index in [2.05, 4.69) is 6.58 Å². The van der Waals surface area contributed by atoms with E-state index in [1.807, 2.05) is 0 Å². The van der Waals surface area contributed by atoms with E-state index in [1.54, 1.807) is 6.92 Å². The number of benzene rings is 1. The summed E-state index contributed by atoms with van der Waals surface area (Å²) in [5, 5.41) is 0. The van der Waals surface area contributed by atoms with Gasteiger partial charge in [0, 0.05) is 12.7 Å². The fraction of sp³-hybridized carbons (Fsp3) is 0.400. The minimum absolute atomic E-state index is 0.0787. The Morgan fingerprint density at radius 1 is 1.41 bits per heavy atom. The number of hydrogen-bond donors (Lipinski definition) is 0. The van der Waals surface area contributed by atoms with Gasteiger partial charge in [-0.25, -0.2) is 4.79 Å². The lowest BCUT2D eigenvalue weighted by atomic mass is 9.92. The first kappa shape index (κ1) is 16.4. The van der Waals surface area contributed by atoms with Gasteiger partial charge in [0.05, 0.1) is 12.2 Å². The summed E-state index contributed by atoms with van der Waals surface area (Å²) in [4.78, 5) is 11.9. The normalized spacial score (nSPS) is 21.0. The Kier molecular flexibility index (Phi) is 4.46.